The molecule has 0 aliphatic carbocycles. The second kappa shape index (κ2) is 8.82. The van der Waals surface area contributed by atoms with Crippen LogP contribution in [0.5, 0.6) is 0 Å². The third-order valence-corrected chi connectivity index (χ3v) is 5.23. The van der Waals surface area contributed by atoms with Gasteiger partial charge < -0.3 is 5.32 Å². The molecule has 1 N–H and O–H groups in total. The number of nitrogens with one attached hydrogen (secondary N) is 1. The van der Waals surface area contributed by atoms with Gasteiger partial charge in [0, 0.05) is 23.5 Å². The second-order valence-corrected chi connectivity index (χ2v) is 7.48. The van der Waals surface area contributed by atoms with Crippen LogP contribution in [0, 0.1) is 17.5 Å². The predicted molar refractivity (Wildman–Crippen MR) is 121 cm³/mol. The standard InChI is InChI=1S/C25H14F3N5O2/c26-16-4-1-14(2-5-16)25(35)32-19-8-6-17(27)22(23(19)28)24(34)15-3-7-18-20(11-15)31-21(12-30-18)33-10-9-29-13-33/h1-13H,(H,32,35). The number of anilines is 1. The van der Waals surface area contributed by atoms with Gasteiger partial charge in [-0.05, 0) is 54.6 Å². The Morgan fingerprint density at radius 3 is 2.40 bits per heavy atom. The lowest BCUT2D eigenvalue weighted by Crippen LogP contribution is -2.16. The molecule has 10 heteroatoms. The van der Waals surface area contributed by atoms with E-state index in [0.29, 0.717) is 16.9 Å². The maximum absolute atomic E-state index is 15.2. The Labute approximate surface area is 195 Å². The summed E-state index contributed by atoms with van der Waals surface area (Å²) in [4.78, 5) is 38.1. The molecule has 1 amide bonds. The van der Waals surface area contributed by atoms with Gasteiger partial charge in [-0.25, -0.2) is 23.1 Å². The molecule has 172 valence electrons. The lowest BCUT2D eigenvalue weighted by Gasteiger charge is -2.11. The van der Waals surface area contributed by atoms with Crippen LogP contribution < -0.4 is 5.32 Å². The number of hydrogen-bond acceptors (Lipinski definition) is 5. The zero-order valence-corrected chi connectivity index (χ0v) is 17.7. The highest BCUT2D eigenvalue weighted by molar-refractivity contribution is 6.12. The smallest absolute Gasteiger partial charge is 0.255 e. The topological polar surface area (TPSA) is 89.8 Å². The zero-order valence-electron chi connectivity index (χ0n) is 17.7. The molecule has 0 fully saturated rings. The van der Waals surface area contributed by atoms with Gasteiger partial charge >= 0.3 is 0 Å². The van der Waals surface area contributed by atoms with Crippen LogP contribution in [0.4, 0.5) is 18.9 Å². The molecule has 5 rings (SSSR count). The summed E-state index contributed by atoms with van der Waals surface area (Å²) in [6.45, 7) is 0. The van der Waals surface area contributed by atoms with Crippen molar-refractivity contribution in [1.82, 2.24) is 19.5 Å². The van der Waals surface area contributed by atoms with E-state index >= 15 is 4.39 Å². The van der Waals surface area contributed by atoms with Crippen molar-refractivity contribution in [3.63, 3.8) is 0 Å². The summed E-state index contributed by atoms with van der Waals surface area (Å²) in [5.74, 6) is -4.10. The van der Waals surface area contributed by atoms with Crippen molar-refractivity contribution < 1.29 is 22.8 Å². The highest BCUT2D eigenvalue weighted by atomic mass is 19.1. The van der Waals surface area contributed by atoms with Crippen LogP contribution >= 0.6 is 0 Å². The first kappa shape index (κ1) is 22.0. The highest BCUT2D eigenvalue weighted by Gasteiger charge is 2.23. The Bertz CT molecular complexity index is 1590. The molecule has 35 heavy (non-hydrogen) atoms. The van der Waals surface area contributed by atoms with Crippen molar-refractivity contribution in [1.29, 1.82) is 0 Å². The molecule has 0 radical (unpaired) electrons. The Balaban J connectivity index is 1.49. The minimum absolute atomic E-state index is 0.0191. The summed E-state index contributed by atoms with van der Waals surface area (Å²) in [6, 6.07) is 10.8. The van der Waals surface area contributed by atoms with E-state index in [2.05, 4.69) is 20.3 Å². The zero-order chi connectivity index (χ0) is 24.5. The number of aromatic nitrogens is 4. The van der Waals surface area contributed by atoms with Crippen molar-refractivity contribution in [2.75, 3.05) is 5.32 Å². The number of amides is 1. The molecule has 0 saturated heterocycles. The number of imidazole rings is 1. The van der Waals surface area contributed by atoms with Crippen LogP contribution in [-0.4, -0.2) is 31.2 Å². The van der Waals surface area contributed by atoms with Gasteiger partial charge in [-0.15, -0.1) is 0 Å². The van der Waals surface area contributed by atoms with Crippen molar-refractivity contribution in [3.8, 4) is 5.82 Å². The second-order valence-electron chi connectivity index (χ2n) is 7.48. The molecule has 2 heterocycles. The van der Waals surface area contributed by atoms with Crippen LogP contribution in [0.3, 0.4) is 0 Å². The molecule has 0 aliphatic rings. The number of ketones is 1. The van der Waals surface area contributed by atoms with Gasteiger partial charge in [0.2, 0.25) is 0 Å². The maximum Gasteiger partial charge on any atom is 0.255 e. The molecule has 0 atom stereocenters. The highest BCUT2D eigenvalue weighted by Crippen LogP contribution is 2.26. The van der Waals surface area contributed by atoms with Gasteiger partial charge in [0.25, 0.3) is 5.91 Å². The van der Waals surface area contributed by atoms with Crippen LogP contribution in [0.1, 0.15) is 26.3 Å². The molecule has 0 saturated carbocycles. The van der Waals surface area contributed by atoms with E-state index in [9.17, 15) is 18.4 Å². The summed E-state index contributed by atoms with van der Waals surface area (Å²) >= 11 is 0. The summed E-state index contributed by atoms with van der Waals surface area (Å²) < 4.78 is 44.5. The summed E-state index contributed by atoms with van der Waals surface area (Å²) in [7, 11) is 0. The van der Waals surface area contributed by atoms with Crippen LogP contribution in [0.2, 0.25) is 0 Å². The third kappa shape index (κ3) is 4.24. The van der Waals surface area contributed by atoms with Gasteiger partial charge in [0.05, 0.1) is 28.5 Å². The monoisotopic (exact) mass is 473 g/mol. The minimum Gasteiger partial charge on any atom is -0.319 e. The van der Waals surface area contributed by atoms with Crippen molar-refractivity contribution in [2.45, 2.75) is 0 Å². The van der Waals surface area contributed by atoms with Crippen LogP contribution in [-0.2, 0) is 0 Å². The summed E-state index contributed by atoms with van der Waals surface area (Å²) in [6.07, 6.45) is 6.29. The van der Waals surface area contributed by atoms with E-state index in [-0.39, 0.29) is 11.1 Å². The largest absolute Gasteiger partial charge is 0.319 e. The molecule has 2 aromatic heterocycles. The Kier molecular flexibility index (Phi) is 5.54. The van der Waals surface area contributed by atoms with E-state index in [1.165, 1.54) is 42.9 Å². The molecular formula is C25H14F3N5O2. The first-order valence-electron chi connectivity index (χ1n) is 10.3. The first-order valence-corrected chi connectivity index (χ1v) is 10.3. The lowest BCUT2D eigenvalue weighted by atomic mass is 10.0. The van der Waals surface area contributed by atoms with Gasteiger partial charge in [-0.1, -0.05) is 0 Å². The van der Waals surface area contributed by atoms with Gasteiger partial charge in [0.1, 0.15) is 18.0 Å². The number of hydrogen-bond donors (Lipinski definition) is 1. The van der Waals surface area contributed by atoms with Gasteiger partial charge in [-0.2, -0.15) is 0 Å². The Morgan fingerprint density at radius 1 is 0.886 bits per heavy atom. The lowest BCUT2D eigenvalue weighted by molar-refractivity contribution is 0.101. The normalized spacial score (nSPS) is 10.9. The molecule has 3 aromatic carbocycles. The molecule has 0 spiro atoms. The third-order valence-electron chi connectivity index (χ3n) is 5.23. The molecule has 0 bridgehead atoms. The van der Waals surface area contributed by atoms with Crippen molar-refractivity contribution in [2.24, 2.45) is 0 Å². The van der Waals surface area contributed by atoms with Crippen molar-refractivity contribution >= 4 is 28.4 Å². The number of carbonyl (C=O) groups excluding carboxylic acids is 2. The summed E-state index contributed by atoms with van der Waals surface area (Å²) in [5, 5.41) is 2.29. The van der Waals surface area contributed by atoms with Gasteiger partial charge in [0.15, 0.2) is 17.4 Å². The minimum atomic E-state index is -1.23. The van der Waals surface area contributed by atoms with E-state index < -0.39 is 40.4 Å². The number of fused-ring (bicyclic) bond motifs is 1. The maximum atomic E-state index is 15.2. The fraction of sp³-hybridized carbons (Fsp3) is 0. The average molecular weight is 473 g/mol. The van der Waals surface area contributed by atoms with E-state index in [1.54, 1.807) is 17.0 Å². The molecule has 0 unspecified atom stereocenters. The molecule has 7 nitrogen and oxygen atoms in total. The molecule has 0 aliphatic heterocycles. The number of carbonyl (C=O) groups is 2. The molecular weight excluding hydrogens is 459 g/mol. The van der Waals surface area contributed by atoms with Gasteiger partial charge in [-0.3, -0.25) is 19.1 Å². The number of rotatable bonds is 5. The van der Waals surface area contributed by atoms with E-state index in [0.717, 1.165) is 24.3 Å². The Morgan fingerprint density at radius 2 is 1.66 bits per heavy atom. The van der Waals surface area contributed by atoms with Crippen LogP contribution in [0.25, 0.3) is 16.9 Å². The number of halogens is 3. The van der Waals surface area contributed by atoms with E-state index in [1.807, 2.05) is 0 Å². The fourth-order valence-electron chi connectivity index (χ4n) is 3.46. The fourth-order valence-corrected chi connectivity index (χ4v) is 3.46. The summed E-state index contributed by atoms with van der Waals surface area (Å²) in [5.41, 5.74) is -0.374. The number of benzene rings is 3. The first-order chi connectivity index (χ1) is 16.9. The van der Waals surface area contributed by atoms with E-state index in [4.69, 9.17) is 0 Å². The Hall–Kier alpha value is -4.86. The SMILES string of the molecule is O=C(Nc1ccc(F)c(C(=O)c2ccc3ncc(-n4ccnc4)nc3c2)c1F)c1ccc(F)cc1. The van der Waals surface area contributed by atoms with Crippen LogP contribution in [0.15, 0.2) is 79.5 Å². The predicted octanol–water partition coefficient (Wildman–Crippen LogP) is 4.72. The molecule has 5 aromatic rings. The quantitative estimate of drug-likeness (QED) is 0.373. The number of nitrogens with zero attached hydrogens (tertiary/aromatic N) is 4. The average Bonchev–Trinajstić information content (AvgIpc) is 3.40. The van der Waals surface area contributed by atoms with Crippen molar-refractivity contribution in [3.05, 3.63) is 114 Å².